The summed E-state index contributed by atoms with van der Waals surface area (Å²) in [7, 11) is 0. The highest BCUT2D eigenvalue weighted by atomic mass is 16.1. The van der Waals surface area contributed by atoms with Crippen molar-refractivity contribution in [1.29, 1.82) is 5.26 Å². The monoisotopic (exact) mass is 347 g/mol. The van der Waals surface area contributed by atoms with Crippen LogP contribution in [0.1, 0.15) is 46.4 Å². The fourth-order valence-corrected chi connectivity index (χ4v) is 3.70. The Bertz CT molecular complexity index is 950. The normalized spacial score (nSPS) is 18.7. The number of hydrogen-bond donors (Lipinski definition) is 1. The minimum absolute atomic E-state index is 0.0487. The van der Waals surface area contributed by atoms with Crippen LogP contribution >= 0.6 is 0 Å². The molecular formula is C21H21N3O2. The van der Waals surface area contributed by atoms with Crippen LogP contribution in [0.3, 0.4) is 0 Å². The summed E-state index contributed by atoms with van der Waals surface area (Å²) in [4.78, 5) is 24.7. The first-order valence-electron chi connectivity index (χ1n) is 9.16. The van der Waals surface area contributed by atoms with Crippen molar-refractivity contribution in [3.8, 4) is 6.07 Å². The first-order chi connectivity index (χ1) is 12.6. The average molecular weight is 347 g/mol. The molecule has 4 rings (SSSR count). The van der Waals surface area contributed by atoms with Crippen molar-refractivity contribution >= 4 is 5.91 Å². The molecule has 0 saturated heterocycles. The van der Waals surface area contributed by atoms with Crippen molar-refractivity contribution in [2.75, 3.05) is 0 Å². The number of fused-ring (bicyclic) bond motifs is 1. The summed E-state index contributed by atoms with van der Waals surface area (Å²) in [5.41, 5.74) is 3.38. The van der Waals surface area contributed by atoms with E-state index in [0.717, 1.165) is 37.1 Å². The molecule has 5 nitrogen and oxygen atoms in total. The zero-order valence-corrected chi connectivity index (χ0v) is 14.6. The summed E-state index contributed by atoms with van der Waals surface area (Å²) in [6, 6.07) is 12.4. The number of aromatic nitrogens is 1. The van der Waals surface area contributed by atoms with E-state index >= 15 is 0 Å². The zero-order valence-electron chi connectivity index (χ0n) is 14.6. The van der Waals surface area contributed by atoms with E-state index in [1.165, 1.54) is 12.8 Å². The van der Waals surface area contributed by atoms with Crippen molar-refractivity contribution < 1.29 is 4.79 Å². The van der Waals surface area contributed by atoms with Crippen LogP contribution in [0.5, 0.6) is 0 Å². The van der Waals surface area contributed by atoms with Gasteiger partial charge in [0.05, 0.1) is 11.6 Å². The molecule has 0 spiro atoms. The van der Waals surface area contributed by atoms with Crippen LogP contribution in [0.2, 0.25) is 0 Å². The fourth-order valence-electron chi connectivity index (χ4n) is 3.70. The molecule has 1 aromatic heterocycles. The number of carbonyl (C=O) groups is 1. The molecule has 1 aromatic carbocycles. The Balaban J connectivity index is 1.49. The molecule has 0 bridgehead atoms. The number of nitriles is 1. The Morgan fingerprint density at radius 3 is 2.85 bits per heavy atom. The molecule has 5 heteroatoms. The lowest BCUT2D eigenvalue weighted by Gasteiger charge is -2.27. The SMILES string of the molecule is N#Cc1cccc(C(=O)N[C@@H]2CCc3c(ccc(=O)n3CC3CC3)C2)c1. The number of rotatable bonds is 4. The van der Waals surface area contributed by atoms with Gasteiger partial charge in [0.15, 0.2) is 0 Å². The van der Waals surface area contributed by atoms with Crippen LogP contribution in [0.15, 0.2) is 41.2 Å². The third kappa shape index (κ3) is 3.41. The molecule has 1 fully saturated rings. The topological polar surface area (TPSA) is 74.9 Å². The molecule has 1 amide bonds. The van der Waals surface area contributed by atoms with Gasteiger partial charge in [-0.1, -0.05) is 12.1 Å². The second-order valence-corrected chi connectivity index (χ2v) is 7.30. The average Bonchev–Trinajstić information content (AvgIpc) is 3.48. The summed E-state index contributed by atoms with van der Waals surface area (Å²) in [6.45, 7) is 0.833. The lowest BCUT2D eigenvalue weighted by molar-refractivity contribution is 0.0933. The minimum Gasteiger partial charge on any atom is -0.349 e. The van der Waals surface area contributed by atoms with E-state index in [1.807, 2.05) is 10.6 Å². The van der Waals surface area contributed by atoms with Gasteiger partial charge in [-0.15, -0.1) is 0 Å². The summed E-state index contributed by atoms with van der Waals surface area (Å²) in [6.07, 6.45) is 4.81. The van der Waals surface area contributed by atoms with Gasteiger partial charge < -0.3 is 9.88 Å². The van der Waals surface area contributed by atoms with E-state index in [0.29, 0.717) is 17.0 Å². The van der Waals surface area contributed by atoms with Gasteiger partial charge in [-0.3, -0.25) is 9.59 Å². The van der Waals surface area contributed by atoms with Crippen LogP contribution in [0.25, 0.3) is 0 Å². The molecule has 1 atom stereocenters. The maximum atomic E-state index is 12.5. The Kier molecular flexibility index (Phi) is 4.34. The largest absolute Gasteiger partial charge is 0.349 e. The van der Waals surface area contributed by atoms with Crippen LogP contribution in [-0.4, -0.2) is 16.5 Å². The lowest BCUT2D eigenvalue weighted by Crippen LogP contribution is -2.40. The molecule has 1 heterocycles. The Labute approximate surface area is 152 Å². The number of carbonyl (C=O) groups excluding carboxylic acids is 1. The van der Waals surface area contributed by atoms with Crippen molar-refractivity contribution in [3.05, 3.63) is 69.1 Å². The van der Waals surface area contributed by atoms with Gasteiger partial charge >= 0.3 is 0 Å². The second kappa shape index (κ2) is 6.80. The molecule has 1 saturated carbocycles. The van der Waals surface area contributed by atoms with Crippen LogP contribution in [0, 0.1) is 17.2 Å². The van der Waals surface area contributed by atoms with Gasteiger partial charge in [-0.25, -0.2) is 0 Å². The third-order valence-corrected chi connectivity index (χ3v) is 5.31. The fraction of sp³-hybridized carbons (Fsp3) is 0.381. The number of pyridine rings is 1. The highest BCUT2D eigenvalue weighted by Crippen LogP contribution is 2.31. The predicted molar refractivity (Wildman–Crippen MR) is 97.9 cm³/mol. The summed E-state index contributed by atoms with van der Waals surface area (Å²) in [5, 5.41) is 12.1. The molecule has 2 aliphatic carbocycles. The Morgan fingerprint density at radius 2 is 2.08 bits per heavy atom. The number of nitrogens with zero attached hydrogens (tertiary/aromatic N) is 2. The minimum atomic E-state index is -0.151. The van der Waals surface area contributed by atoms with Crippen molar-refractivity contribution in [2.24, 2.45) is 5.92 Å². The standard InChI is InChI=1S/C21H21N3O2/c22-12-15-2-1-3-17(10-15)21(26)23-18-7-8-19-16(11-18)6-9-20(25)24(19)13-14-4-5-14/h1-3,6,9-10,14,18H,4-5,7-8,11,13H2,(H,23,26)/t18-/m1/s1. The van der Waals surface area contributed by atoms with E-state index in [-0.39, 0.29) is 17.5 Å². The van der Waals surface area contributed by atoms with Gasteiger partial charge in [-0.05, 0) is 61.8 Å². The molecule has 26 heavy (non-hydrogen) atoms. The van der Waals surface area contributed by atoms with Crippen LogP contribution in [0.4, 0.5) is 0 Å². The van der Waals surface area contributed by atoms with Crippen molar-refractivity contribution in [3.63, 3.8) is 0 Å². The van der Waals surface area contributed by atoms with Crippen molar-refractivity contribution in [2.45, 2.75) is 44.7 Å². The molecular weight excluding hydrogens is 326 g/mol. The molecule has 2 aliphatic rings. The highest BCUT2D eigenvalue weighted by Gasteiger charge is 2.27. The van der Waals surface area contributed by atoms with E-state index in [9.17, 15) is 9.59 Å². The van der Waals surface area contributed by atoms with Gasteiger partial charge in [0.25, 0.3) is 11.5 Å². The quantitative estimate of drug-likeness (QED) is 0.923. The predicted octanol–water partition coefficient (Wildman–Crippen LogP) is 2.42. The van der Waals surface area contributed by atoms with E-state index < -0.39 is 0 Å². The number of amides is 1. The van der Waals surface area contributed by atoms with E-state index in [2.05, 4.69) is 11.4 Å². The van der Waals surface area contributed by atoms with Gasteiger partial charge in [0, 0.05) is 29.9 Å². The number of hydrogen-bond acceptors (Lipinski definition) is 3. The summed E-state index contributed by atoms with van der Waals surface area (Å²) >= 11 is 0. The molecule has 132 valence electrons. The molecule has 0 radical (unpaired) electrons. The number of benzene rings is 1. The summed E-state index contributed by atoms with van der Waals surface area (Å²) in [5.74, 6) is 0.505. The van der Waals surface area contributed by atoms with Crippen molar-refractivity contribution in [1.82, 2.24) is 9.88 Å². The first kappa shape index (κ1) is 16.6. The summed E-state index contributed by atoms with van der Waals surface area (Å²) < 4.78 is 1.95. The Morgan fingerprint density at radius 1 is 1.23 bits per heavy atom. The second-order valence-electron chi connectivity index (χ2n) is 7.30. The van der Waals surface area contributed by atoms with Crippen LogP contribution < -0.4 is 10.9 Å². The number of nitrogens with one attached hydrogen (secondary N) is 1. The first-order valence-corrected chi connectivity index (χ1v) is 9.16. The Hall–Kier alpha value is -2.87. The van der Waals surface area contributed by atoms with Gasteiger partial charge in [0.2, 0.25) is 0 Å². The molecule has 2 aromatic rings. The molecule has 0 unspecified atom stereocenters. The smallest absolute Gasteiger partial charge is 0.251 e. The highest BCUT2D eigenvalue weighted by molar-refractivity contribution is 5.94. The third-order valence-electron chi connectivity index (χ3n) is 5.31. The zero-order chi connectivity index (χ0) is 18.1. The maximum absolute atomic E-state index is 12.5. The molecule has 1 N–H and O–H groups in total. The maximum Gasteiger partial charge on any atom is 0.251 e. The molecule has 0 aliphatic heterocycles. The van der Waals surface area contributed by atoms with Crippen LogP contribution in [-0.2, 0) is 19.4 Å². The van der Waals surface area contributed by atoms with Gasteiger partial charge in [0.1, 0.15) is 0 Å². The van der Waals surface area contributed by atoms with E-state index in [1.54, 1.807) is 30.3 Å². The van der Waals surface area contributed by atoms with E-state index in [4.69, 9.17) is 5.26 Å². The van der Waals surface area contributed by atoms with Gasteiger partial charge in [-0.2, -0.15) is 5.26 Å². The lowest BCUT2D eigenvalue weighted by atomic mass is 9.91.